The molecule has 0 aromatic heterocycles. The van der Waals surface area contributed by atoms with Gasteiger partial charge in [-0.15, -0.1) is 0 Å². The molecule has 0 fully saturated rings. The van der Waals surface area contributed by atoms with Gasteiger partial charge in [-0.3, -0.25) is 9.59 Å². The molecule has 0 saturated carbocycles. The maximum Gasteiger partial charge on any atom is 0.251 e. The highest BCUT2D eigenvalue weighted by molar-refractivity contribution is 8.21. The van der Waals surface area contributed by atoms with Gasteiger partial charge in [-0.25, -0.2) is 4.39 Å². The third-order valence-electron chi connectivity index (χ3n) is 2.74. The Labute approximate surface area is 135 Å². The number of benzene rings is 2. The van der Waals surface area contributed by atoms with Gasteiger partial charge in [0, 0.05) is 16.1 Å². The minimum atomic E-state index is -0.441. The summed E-state index contributed by atoms with van der Waals surface area (Å²) in [4.78, 5) is 24.4. The Balaban J connectivity index is 1.84. The van der Waals surface area contributed by atoms with Gasteiger partial charge in [-0.1, -0.05) is 0 Å². The Morgan fingerprint density at radius 1 is 1.05 bits per heavy atom. The highest BCUT2D eigenvalue weighted by atomic mass is 35.7. The number of hydrogen-bond acceptors (Lipinski definition) is 3. The zero-order valence-electron chi connectivity index (χ0n) is 11.3. The van der Waals surface area contributed by atoms with E-state index in [1.807, 2.05) is 0 Å². The number of amides is 2. The third-order valence-corrected chi connectivity index (χ3v) is 3.73. The SMILES string of the molecule is O=C(CNC(=O)c1ccc(F)cc1)Nc1ccc(SCl)cc1. The Bertz CT molecular complexity index is 662. The summed E-state index contributed by atoms with van der Waals surface area (Å²) < 4.78 is 12.8. The van der Waals surface area contributed by atoms with Crippen molar-refractivity contribution >= 4 is 39.2 Å². The molecule has 2 aromatic rings. The standard InChI is InChI=1S/C15H12ClFN2O2S/c16-22-13-7-5-12(6-8-13)19-14(20)9-18-15(21)10-1-3-11(17)4-2-10/h1-8H,9H2,(H,18,21)(H,19,20). The Morgan fingerprint density at radius 3 is 2.27 bits per heavy atom. The largest absolute Gasteiger partial charge is 0.343 e. The molecule has 0 heterocycles. The van der Waals surface area contributed by atoms with Gasteiger partial charge in [0.1, 0.15) is 5.82 Å². The number of rotatable bonds is 5. The fourth-order valence-electron chi connectivity index (χ4n) is 1.66. The quantitative estimate of drug-likeness (QED) is 0.878. The van der Waals surface area contributed by atoms with Crippen LogP contribution in [0.15, 0.2) is 53.4 Å². The second-order valence-corrected chi connectivity index (χ2v) is 5.43. The van der Waals surface area contributed by atoms with Crippen LogP contribution in [0.25, 0.3) is 0 Å². The lowest BCUT2D eigenvalue weighted by Gasteiger charge is -2.07. The summed E-state index contributed by atoms with van der Waals surface area (Å²) in [5.74, 6) is -1.22. The van der Waals surface area contributed by atoms with E-state index in [2.05, 4.69) is 10.6 Å². The van der Waals surface area contributed by atoms with Gasteiger partial charge in [0.15, 0.2) is 0 Å². The van der Waals surface area contributed by atoms with E-state index >= 15 is 0 Å². The van der Waals surface area contributed by atoms with Gasteiger partial charge in [0.05, 0.1) is 6.54 Å². The first kappa shape index (κ1) is 16.3. The first-order chi connectivity index (χ1) is 10.6. The summed E-state index contributed by atoms with van der Waals surface area (Å²) >= 11 is 0. The smallest absolute Gasteiger partial charge is 0.251 e. The maximum absolute atomic E-state index is 12.8. The molecule has 2 N–H and O–H groups in total. The van der Waals surface area contributed by atoms with Crippen LogP contribution in [0.5, 0.6) is 0 Å². The van der Waals surface area contributed by atoms with Crippen molar-refractivity contribution in [3.8, 4) is 0 Å². The monoisotopic (exact) mass is 338 g/mol. The molecule has 2 aromatic carbocycles. The molecule has 22 heavy (non-hydrogen) atoms. The number of halogens is 2. The molecule has 0 atom stereocenters. The highest BCUT2D eigenvalue weighted by Gasteiger charge is 2.08. The van der Waals surface area contributed by atoms with Crippen LogP contribution in [0.2, 0.25) is 0 Å². The van der Waals surface area contributed by atoms with Crippen molar-refractivity contribution < 1.29 is 14.0 Å². The first-order valence-corrected chi connectivity index (χ1v) is 7.95. The second kappa shape index (κ2) is 7.82. The van der Waals surface area contributed by atoms with E-state index in [4.69, 9.17) is 10.7 Å². The lowest BCUT2D eigenvalue weighted by molar-refractivity contribution is -0.115. The van der Waals surface area contributed by atoms with Gasteiger partial charge < -0.3 is 10.6 Å². The van der Waals surface area contributed by atoms with Gasteiger partial charge in [0.2, 0.25) is 5.91 Å². The summed E-state index contributed by atoms with van der Waals surface area (Å²) in [6, 6.07) is 12.0. The minimum Gasteiger partial charge on any atom is -0.343 e. The Hall–Kier alpha value is -2.05. The van der Waals surface area contributed by atoms with Crippen LogP contribution in [-0.2, 0) is 4.79 Å². The molecule has 2 rings (SSSR count). The summed E-state index contributed by atoms with van der Waals surface area (Å²) in [6.45, 7) is -0.178. The molecule has 0 aliphatic heterocycles. The van der Waals surface area contributed by atoms with Crippen molar-refractivity contribution in [3.63, 3.8) is 0 Å². The van der Waals surface area contributed by atoms with Crippen LogP contribution in [-0.4, -0.2) is 18.4 Å². The highest BCUT2D eigenvalue weighted by Crippen LogP contribution is 2.23. The lowest BCUT2D eigenvalue weighted by Crippen LogP contribution is -2.32. The van der Waals surface area contributed by atoms with E-state index in [9.17, 15) is 14.0 Å². The Morgan fingerprint density at radius 2 is 1.68 bits per heavy atom. The van der Waals surface area contributed by atoms with Gasteiger partial charge in [-0.2, -0.15) is 0 Å². The predicted molar refractivity (Wildman–Crippen MR) is 85.5 cm³/mol. The van der Waals surface area contributed by atoms with E-state index in [-0.39, 0.29) is 18.0 Å². The number of hydrogen-bond donors (Lipinski definition) is 2. The summed E-state index contributed by atoms with van der Waals surface area (Å²) in [6.07, 6.45) is 0. The van der Waals surface area contributed by atoms with Crippen molar-refractivity contribution in [1.29, 1.82) is 0 Å². The summed E-state index contributed by atoms with van der Waals surface area (Å²) in [7, 11) is 6.68. The first-order valence-electron chi connectivity index (χ1n) is 6.31. The topological polar surface area (TPSA) is 58.2 Å². The number of nitrogens with one attached hydrogen (secondary N) is 2. The molecule has 0 bridgehead atoms. The molecule has 0 radical (unpaired) electrons. The fourth-order valence-corrected chi connectivity index (χ4v) is 2.21. The van der Waals surface area contributed by atoms with Gasteiger partial charge in [-0.05, 0) is 70.2 Å². The maximum atomic E-state index is 12.8. The van der Waals surface area contributed by atoms with Crippen LogP contribution >= 0.6 is 21.7 Å². The van der Waals surface area contributed by atoms with E-state index in [1.165, 1.54) is 24.3 Å². The van der Waals surface area contributed by atoms with Crippen molar-refractivity contribution in [2.24, 2.45) is 0 Å². The Kier molecular flexibility index (Phi) is 5.80. The molecule has 0 spiro atoms. The number of carbonyl (C=O) groups excluding carboxylic acids is 2. The molecule has 0 unspecified atom stereocenters. The zero-order chi connectivity index (χ0) is 15.9. The molecule has 2 amide bonds. The molecular formula is C15H12ClFN2O2S. The van der Waals surface area contributed by atoms with Crippen molar-refractivity contribution in [2.75, 3.05) is 11.9 Å². The normalized spacial score (nSPS) is 10.1. The summed E-state index contributed by atoms with van der Waals surface area (Å²) in [5.41, 5.74) is 0.896. The van der Waals surface area contributed by atoms with Crippen molar-refractivity contribution in [2.45, 2.75) is 4.90 Å². The molecule has 4 nitrogen and oxygen atoms in total. The number of anilines is 1. The second-order valence-electron chi connectivity index (χ2n) is 4.34. The average Bonchev–Trinajstić information content (AvgIpc) is 2.54. The van der Waals surface area contributed by atoms with E-state index in [0.717, 1.165) is 15.9 Å². The number of carbonyl (C=O) groups is 2. The lowest BCUT2D eigenvalue weighted by atomic mass is 10.2. The fraction of sp³-hybridized carbons (Fsp3) is 0.0667. The van der Waals surface area contributed by atoms with Crippen molar-refractivity contribution in [3.05, 3.63) is 59.9 Å². The van der Waals surface area contributed by atoms with E-state index in [1.54, 1.807) is 24.3 Å². The van der Waals surface area contributed by atoms with Crippen LogP contribution in [0.3, 0.4) is 0 Å². The molecule has 0 saturated heterocycles. The molecule has 7 heteroatoms. The predicted octanol–water partition coefficient (Wildman–Crippen LogP) is 3.44. The van der Waals surface area contributed by atoms with E-state index in [0.29, 0.717) is 5.69 Å². The minimum absolute atomic E-state index is 0.178. The van der Waals surface area contributed by atoms with Crippen molar-refractivity contribution in [1.82, 2.24) is 5.32 Å². The van der Waals surface area contributed by atoms with Gasteiger partial charge in [0.25, 0.3) is 5.91 Å². The average molecular weight is 339 g/mol. The molecule has 0 aliphatic carbocycles. The molecule has 0 aliphatic rings. The van der Waals surface area contributed by atoms with Crippen LogP contribution in [0.1, 0.15) is 10.4 Å². The van der Waals surface area contributed by atoms with E-state index < -0.39 is 11.7 Å². The van der Waals surface area contributed by atoms with Gasteiger partial charge >= 0.3 is 0 Å². The summed E-state index contributed by atoms with van der Waals surface area (Å²) in [5, 5.41) is 5.11. The van der Waals surface area contributed by atoms with Crippen LogP contribution < -0.4 is 10.6 Å². The van der Waals surface area contributed by atoms with Crippen LogP contribution in [0.4, 0.5) is 10.1 Å². The molecule has 114 valence electrons. The molecular weight excluding hydrogens is 327 g/mol. The zero-order valence-corrected chi connectivity index (χ0v) is 12.9. The third kappa shape index (κ3) is 4.75. The van der Waals surface area contributed by atoms with Crippen LogP contribution in [0, 0.1) is 5.82 Å².